The Morgan fingerprint density at radius 2 is 1.63 bits per heavy atom. The molecule has 1 aromatic carbocycles. The third-order valence-electron chi connectivity index (χ3n) is 3.73. The number of nitrogens with one attached hydrogen (secondary N) is 1. The summed E-state index contributed by atoms with van der Waals surface area (Å²) in [5.41, 5.74) is 1.46. The van der Waals surface area contributed by atoms with Crippen molar-refractivity contribution in [2.45, 2.75) is 64.3 Å². The molecule has 1 N–H and O–H groups in total. The second-order valence-electron chi connectivity index (χ2n) is 5.27. The molecular weight excluding hydrogens is 345 g/mol. The number of unbranched alkanes of at least 4 members (excludes halogenated alkanes) is 6. The number of hydrogen-bond donors (Lipinski definition) is 1. The number of hydrogen-bond acceptors (Lipinski definition) is 1. The van der Waals surface area contributed by atoms with E-state index >= 15 is 0 Å². The smallest absolute Gasteiger partial charge is 0.0328 e. The zero-order valence-electron chi connectivity index (χ0n) is 12.4. The van der Waals surface area contributed by atoms with E-state index in [0.717, 1.165) is 0 Å². The van der Waals surface area contributed by atoms with Crippen molar-refractivity contribution in [3.8, 4) is 0 Å². The molecule has 0 aliphatic rings. The van der Waals surface area contributed by atoms with Gasteiger partial charge in [-0.15, -0.1) is 0 Å². The van der Waals surface area contributed by atoms with E-state index in [4.69, 9.17) is 0 Å². The molecule has 0 amide bonds. The minimum Gasteiger partial charge on any atom is -0.313 e. The van der Waals surface area contributed by atoms with Crippen LogP contribution in [0, 0.1) is 3.57 Å². The molecule has 0 spiro atoms. The van der Waals surface area contributed by atoms with Gasteiger partial charge in [-0.2, -0.15) is 0 Å². The van der Waals surface area contributed by atoms with Crippen LogP contribution in [0.15, 0.2) is 24.3 Å². The summed E-state index contributed by atoms with van der Waals surface area (Å²) in [6.07, 6.45) is 11.0. The van der Waals surface area contributed by atoms with Crippen LogP contribution in [-0.4, -0.2) is 7.05 Å². The maximum Gasteiger partial charge on any atom is 0.0328 e. The average molecular weight is 373 g/mol. The van der Waals surface area contributed by atoms with E-state index < -0.39 is 0 Å². The van der Waals surface area contributed by atoms with E-state index in [2.05, 4.69) is 66.1 Å². The van der Waals surface area contributed by atoms with Gasteiger partial charge in [0.25, 0.3) is 0 Å². The second-order valence-corrected chi connectivity index (χ2v) is 6.43. The van der Waals surface area contributed by atoms with Gasteiger partial charge >= 0.3 is 0 Å². The lowest BCUT2D eigenvalue weighted by Crippen LogP contribution is -2.17. The highest BCUT2D eigenvalue weighted by Crippen LogP contribution is 2.24. The van der Waals surface area contributed by atoms with E-state index in [1.807, 2.05) is 0 Å². The Morgan fingerprint density at radius 1 is 1.00 bits per heavy atom. The third-order valence-corrected chi connectivity index (χ3v) is 4.71. The third kappa shape index (κ3) is 6.75. The monoisotopic (exact) mass is 373 g/mol. The first-order chi connectivity index (χ1) is 9.29. The summed E-state index contributed by atoms with van der Waals surface area (Å²) >= 11 is 2.44. The highest BCUT2D eigenvalue weighted by atomic mass is 127. The van der Waals surface area contributed by atoms with E-state index in [1.165, 1.54) is 60.5 Å². The van der Waals surface area contributed by atoms with Crippen molar-refractivity contribution in [1.29, 1.82) is 0 Å². The van der Waals surface area contributed by atoms with Gasteiger partial charge in [-0.3, -0.25) is 0 Å². The molecule has 0 saturated carbocycles. The molecule has 0 bridgehead atoms. The predicted molar refractivity (Wildman–Crippen MR) is 93.6 cm³/mol. The van der Waals surface area contributed by atoms with Gasteiger partial charge in [-0.05, 0) is 47.7 Å². The molecule has 108 valence electrons. The molecule has 0 aliphatic heterocycles. The summed E-state index contributed by atoms with van der Waals surface area (Å²) in [7, 11) is 2.08. The van der Waals surface area contributed by atoms with Crippen LogP contribution in [0.3, 0.4) is 0 Å². The molecule has 1 unspecified atom stereocenters. The lowest BCUT2D eigenvalue weighted by Gasteiger charge is -2.18. The largest absolute Gasteiger partial charge is 0.313 e. The minimum atomic E-state index is 0.517. The van der Waals surface area contributed by atoms with Gasteiger partial charge < -0.3 is 5.32 Å². The SMILES string of the molecule is CCCCCCCCCC(NC)c1ccccc1I. The summed E-state index contributed by atoms with van der Waals surface area (Å²) in [6, 6.07) is 9.23. The number of halogens is 1. The van der Waals surface area contributed by atoms with Gasteiger partial charge in [0.15, 0.2) is 0 Å². The molecule has 0 radical (unpaired) electrons. The number of benzene rings is 1. The quantitative estimate of drug-likeness (QED) is 0.410. The first-order valence-electron chi connectivity index (χ1n) is 7.71. The van der Waals surface area contributed by atoms with Gasteiger partial charge in [0.05, 0.1) is 0 Å². The van der Waals surface area contributed by atoms with Gasteiger partial charge in [0, 0.05) is 9.61 Å². The molecule has 0 heterocycles. The molecule has 0 aliphatic carbocycles. The molecule has 2 heteroatoms. The Morgan fingerprint density at radius 3 is 2.26 bits per heavy atom. The molecule has 0 fully saturated rings. The fourth-order valence-electron chi connectivity index (χ4n) is 2.52. The molecule has 0 aromatic heterocycles. The Labute approximate surface area is 132 Å². The van der Waals surface area contributed by atoms with Gasteiger partial charge in [0.1, 0.15) is 0 Å². The van der Waals surface area contributed by atoms with E-state index in [1.54, 1.807) is 0 Å². The topological polar surface area (TPSA) is 12.0 Å². The van der Waals surface area contributed by atoms with Gasteiger partial charge in [0.2, 0.25) is 0 Å². The molecule has 1 nitrogen and oxygen atoms in total. The van der Waals surface area contributed by atoms with Crippen molar-refractivity contribution < 1.29 is 0 Å². The lowest BCUT2D eigenvalue weighted by atomic mass is 9.99. The Hall–Kier alpha value is -0.0900. The average Bonchev–Trinajstić information content (AvgIpc) is 2.43. The summed E-state index contributed by atoms with van der Waals surface area (Å²) in [5, 5.41) is 3.47. The summed E-state index contributed by atoms with van der Waals surface area (Å²) in [6.45, 7) is 2.28. The zero-order valence-corrected chi connectivity index (χ0v) is 14.6. The van der Waals surface area contributed by atoms with Crippen LogP contribution in [0.2, 0.25) is 0 Å². The van der Waals surface area contributed by atoms with Crippen LogP contribution in [0.1, 0.15) is 69.9 Å². The van der Waals surface area contributed by atoms with Crippen LogP contribution in [0.4, 0.5) is 0 Å². The first kappa shape index (κ1) is 17.0. The molecular formula is C17H28IN. The molecule has 19 heavy (non-hydrogen) atoms. The predicted octanol–water partition coefficient (Wildman–Crippen LogP) is 5.69. The number of rotatable bonds is 10. The second kappa shape index (κ2) is 10.7. The lowest BCUT2D eigenvalue weighted by molar-refractivity contribution is 0.494. The van der Waals surface area contributed by atoms with E-state index in [-0.39, 0.29) is 0 Å². The Balaban J connectivity index is 2.24. The molecule has 1 rings (SSSR count). The van der Waals surface area contributed by atoms with Crippen molar-refractivity contribution in [3.05, 3.63) is 33.4 Å². The molecule has 0 saturated heterocycles. The van der Waals surface area contributed by atoms with Crippen molar-refractivity contribution in [2.75, 3.05) is 7.05 Å². The zero-order chi connectivity index (χ0) is 13.9. The first-order valence-corrected chi connectivity index (χ1v) is 8.79. The highest BCUT2D eigenvalue weighted by molar-refractivity contribution is 14.1. The molecule has 1 atom stereocenters. The normalized spacial score (nSPS) is 12.6. The molecule has 1 aromatic rings. The Kier molecular flexibility index (Phi) is 9.52. The highest BCUT2D eigenvalue weighted by Gasteiger charge is 2.11. The van der Waals surface area contributed by atoms with Crippen LogP contribution in [0.5, 0.6) is 0 Å². The standard InChI is InChI=1S/C17H28IN/c1-3-4-5-6-7-8-9-14-17(19-2)15-12-10-11-13-16(15)18/h10-13,17,19H,3-9,14H2,1-2H3. The van der Waals surface area contributed by atoms with Crippen molar-refractivity contribution in [2.24, 2.45) is 0 Å². The van der Waals surface area contributed by atoms with Crippen LogP contribution < -0.4 is 5.32 Å². The van der Waals surface area contributed by atoms with E-state index in [0.29, 0.717) is 6.04 Å². The maximum absolute atomic E-state index is 3.47. The summed E-state index contributed by atoms with van der Waals surface area (Å²) in [4.78, 5) is 0. The van der Waals surface area contributed by atoms with Crippen LogP contribution in [-0.2, 0) is 0 Å². The van der Waals surface area contributed by atoms with Crippen molar-refractivity contribution in [3.63, 3.8) is 0 Å². The van der Waals surface area contributed by atoms with Crippen molar-refractivity contribution in [1.82, 2.24) is 5.32 Å². The minimum absolute atomic E-state index is 0.517. The Bertz CT molecular complexity index is 338. The van der Waals surface area contributed by atoms with Gasteiger partial charge in [-0.1, -0.05) is 70.1 Å². The maximum atomic E-state index is 3.47. The fourth-order valence-corrected chi connectivity index (χ4v) is 3.28. The van der Waals surface area contributed by atoms with E-state index in [9.17, 15) is 0 Å². The van der Waals surface area contributed by atoms with Crippen LogP contribution in [0.25, 0.3) is 0 Å². The van der Waals surface area contributed by atoms with Gasteiger partial charge in [-0.25, -0.2) is 0 Å². The fraction of sp³-hybridized carbons (Fsp3) is 0.647. The summed E-state index contributed by atoms with van der Waals surface area (Å²) < 4.78 is 1.38. The summed E-state index contributed by atoms with van der Waals surface area (Å²) in [5.74, 6) is 0. The van der Waals surface area contributed by atoms with Crippen LogP contribution >= 0.6 is 22.6 Å². The van der Waals surface area contributed by atoms with Crippen molar-refractivity contribution >= 4 is 22.6 Å².